The van der Waals surface area contributed by atoms with Crippen molar-refractivity contribution >= 4 is 11.3 Å². The molecule has 2 fully saturated rings. The maximum Gasteiger partial charge on any atom is 0.0358 e. The Balaban J connectivity index is 1.78. The van der Waals surface area contributed by atoms with Gasteiger partial charge in [-0.3, -0.25) is 0 Å². The molecule has 3 atom stereocenters. The molecule has 3 unspecified atom stereocenters. The molecule has 19 heavy (non-hydrogen) atoms. The van der Waals surface area contributed by atoms with Crippen LogP contribution < -0.4 is 5.32 Å². The van der Waals surface area contributed by atoms with Crippen LogP contribution in [0.15, 0.2) is 11.4 Å². The highest BCUT2D eigenvalue weighted by Crippen LogP contribution is 2.43. The molecule has 0 aliphatic carbocycles. The predicted octanol–water partition coefficient (Wildman–Crippen LogP) is 3.58. The number of fused-ring (bicyclic) bond motifs is 2. The number of hydrogen-bond acceptors (Lipinski definition) is 3. The molecule has 106 valence electrons. The number of aryl methyl sites for hydroxylation is 1. The van der Waals surface area contributed by atoms with Crippen LogP contribution in [0.2, 0.25) is 0 Å². The third kappa shape index (κ3) is 2.61. The minimum atomic E-state index is 0.576. The first-order chi connectivity index (χ1) is 9.19. The fourth-order valence-corrected chi connectivity index (χ4v) is 4.87. The largest absolute Gasteiger partial charge is 0.310 e. The van der Waals surface area contributed by atoms with Crippen molar-refractivity contribution in [1.82, 2.24) is 10.2 Å². The van der Waals surface area contributed by atoms with Crippen LogP contribution >= 0.6 is 11.3 Å². The summed E-state index contributed by atoms with van der Waals surface area (Å²) in [4.78, 5) is 4.08. The predicted molar refractivity (Wildman–Crippen MR) is 82.8 cm³/mol. The zero-order valence-corrected chi connectivity index (χ0v) is 13.2. The molecular weight excluding hydrogens is 252 g/mol. The third-order valence-electron chi connectivity index (χ3n) is 5.14. The van der Waals surface area contributed by atoms with Crippen molar-refractivity contribution in [3.05, 3.63) is 21.9 Å². The lowest BCUT2D eigenvalue weighted by Crippen LogP contribution is -2.43. The van der Waals surface area contributed by atoms with Crippen LogP contribution in [0, 0.1) is 12.8 Å². The van der Waals surface area contributed by atoms with Gasteiger partial charge >= 0.3 is 0 Å². The van der Waals surface area contributed by atoms with Gasteiger partial charge in [-0.05, 0) is 69.1 Å². The van der Waals surface area contributed by atoms with E-state index in [1.54, 1.807) is 0 Å². The van der Waals surface area contributed by atoms with Crippen LogP contribution in [0.1, 0.15) is 49.1 Å². The number of hydrogen-bond donors (Lipinski definition) is 1. The minimum Gasteiger partial charge on any atom is -0.310 e. The SMILES string of the molecule is CCNC(c1csc(C)c1)C1CC2CCC(C1)N2C. The van der Waals surface area contributed by atoms with Crippen LogP contribution in [0.25, 0.3) is 0 Å². The maximum atomic E-state index is 3.75. The summed E-state index contributed by atoms with van der Waals surface area (Å²) in [5.41, 5.74) is 1.53. The molecule has 1 aromatic heterocycles. The molecule has 3 heteroatoms. The van der Waals surface area contributed by atoms with Crippen molar-refractivity contribution in [2.24, 2.45) is 5.92 Å². The second-order valence-electron chi connectivity index (χ2n) is 6.31. The van der Waals surface area contributed by atoms with Gasteiger partial charge in [-0.1, -0.05) is 6.92 Å². The van der Waals surface area contributed by atoms with Crippen LogP contribution in [-0.4, -0.2) is 30.6 Å². The molecule has 0 saturated carbocycles. The number of thiophene rings is 1. The summed E-state index contributed by atoms with van der Waals surface area (Å²) < 4.78 is 0. The van der Waals surface area contributed by atoms with Gasteiger partial charge in [0.2, 0.25) is 0 Å². The highest BCUT2D eigenvalue weighted by atomic mass is 32.1. The molecule has 2 bridgehead atoms. The Morgan fingerprint density at radius 2 is 2.05 bits per heavy atom. The van der Waals surface area contributed by atoms with Crippen molar-refractivity contribution in [1.29, 1.82) is 0 Å². The van der Waals surface area contributed by atoms with Crippen LogP contribution in [0.5, 0.6) is 0 Å². The van der Waals surface area contributed by atoms with Crippen LogP contribution in [0.3, 0.4) is 0 Å². The molecule has 3 rings (SSSR count). The normalized spacial score (nSPS) is 32.7. The summed E-state index contributed by atoms with van der Waals surface area (Å²) in [7, 11) is 2.33. The summed E-state index contributed by atoms with van der Waals surface area (Å²) in [5, 5.41) is 6.12. The molecule has 1 N–H and O–H groups in total. The van der Waals surface area contributed by atoms with E-state index in [-0.39, 0.29) is 0 Å². The molecule has 0 radical (unpaired) electrons. The number of rotatable bonds is 4. The van der Waals surface area contributed by atoms with E-state index in [4.69, 9.17) is 0 Å². The molecule has 2 nitrogen and oxygen atoms in total. The lowest BCUT2D eigenvalue weighted by Gasteiger charge is -2.40. The van der Waals surface area contributed by atoms with Gasteiger partial charge in [0.25, 0.3) is 0 Å². The van der Waals surface area contributed by atoms with Gasteiger partial charge in [-0.15, -0.1) is 11.3 Å². The molecule has 2 aliphatic rings. The highest BCUT2D eigenvalue weighted by Gasteiger charge is 2.41. The van der Waals surface area contributed by atoms with E-state index in [2.05, 4.69) is 42.6 Å². The van der Waals surface area contributed by atoms with Gasteiger partial charge in [0.15, 0.2) is 0 Å². The zero-order valence-electron chi connectivity index (χ0n) is 12.4. The second-order valence-corrected chi connectivity index (χ2v) is 7.42. The molecular formula is C16H26N2S. The molecule has 2 aliphatic heterocycles. The van der Waals surface area contributed by atoms with Crippen LogP contribution in [-0.2, 0) is 0 Å². The topological polar surface area (TPSA) is 15.3 Å². The van der Waals surface area contributed by atoms with Gasteiger partial charge in [0, 0.05) is 23.0 Å². The summed E-state index contributed by atoms with van der Waals surface area (Å²) in [6.07, 6.45) is 5.58. The van der Waals surface area contributed by atoms with Crippen molar-refractivity contribution in [2.75, 3.05) is 13.6 Å². The van der Waals surface area contributed by atoms with E-state index in [9.17, 15) is 0 Å². The van der Waals surface area contributed by atoms with E-state index in [0.29, 0.717) is 6.04 Å². The lowest BCUT2D eigenvalue weighted by molar-refractivity contribution is 0.113. The van der Waals surface area contributed by atoms with Crippen molar-refractivity contribution in [3.8, 4) is 0 Å². The Labute approximate surface area is 121 Å². The van der Waals surface area contributed by atoms with Gasteiger partial charge < -0.3 is 10.2 Å². The van der Waals surface area contributed by atoms with Gasteiger partial charge in [-0.2, -0.15) is 0 Å². The fraction of sp³-hybridized carbons (Fsp3) is 0.750. The Hall–Kier alpha value is -0.380. The monoisotopic (exact) mass is 278 g/mol. The summed E-state index contributed by atoms with van der Waals surface area (Å²) in [6.45, 7) is 5.52. The molecule has 1 aromatic rings. The number of nitrogens with zero attached hydrogens (tertiary/aromatic N) is 1. The van der Waals surface area contributed by atoms with E-state index in [1.807, 2.05) is 11.3 Å². The first-order valence-electron chi connectivity index (χ1n) is 7.69. The van der Waals surface area contributed by atoms with E-state index in [0.717, 1.165) is 24.5 Å². The fourth-order valence-electron chi connectivity index (χ4n) is 4.13. The molecule has 0 spiro atoms. The smallest absolute Gasteiger partial charge is 0.0358 e. The second kappa shape index (κ2) is 5.55. The maximum absolute atomic E-state index is 3.75. The highest BCUT2D eigenvalue weighted by molar-refractivity contribution is 7.10. The average molecular weight is 278 g/mol. The summed E-state index contributed by atoms with van der Waals surface area (Å²) >= 11 is 1.89. The third-order valence-corrected chi connectivity index (χ3v) is 6.02. The Morgan fingerprint density at radius 3 is 2.58 bits per heavy atom. The first-order valence-corrected chi connectivity index (χ1v) is 8.57. The van der Waals surface area contributed by atoms with Crippen molar-refractivity contribution in [2.45, 2.75) is 57.7 Å². The number of piperidine rings is 1. The molecule has 0 amide bonds. The van der Waals surface area contributed by atoms with Gasteiger partial charge in [0.1, 0.15) is 0 Å². The van der Waals surface area contributed by atoms with Crippen LogP contribution in [0.4, 0.5) is 0 Å². The van der Waals surface area contributed by atoms with Crippen molar-refractivity contribution < 1.29 is 0 Å². The standard InChI is InChI=1S/C16H26N2S/c1-4-17-16(13-7-11(2)19-10-13)12-8-14-5-6-15(9-12)18(14)3/h7,10,12,14-17H,4-6,8-9H2,1-3H3. The number of nitrogens with one attached hydrogen (secondary N) is 1. The molecule has 2 saturated heterocycles. The van der Waals surface area contributed by atoms with E-state index in [1.165, 1.54) is 36.1 Å². The molecule has 3 heterocycles. The zero-order chi connectivity index (χ0) is 13.4. The Kier molecular flexibility index (Phi) is 3.97. The van der Waals surface area contributed by atoms with Gasteiger partial charge in [0.05, 0.1) is 0 Å². The quantitative estimate of drug-likeness (QED) is 0.905. The minimum absolute atomic E-state index is 0.576. The summed E-state index contributed by atoms with van der Waals surface area (Å²) in [6, 6.07) is 4.64. The van der Waals surface area contributed by atoms with E-state index >= 15 is 0 Å². The average Bonchev–Trinajstić information content (AvgIpc) is 2.87. The summed E-state index contributed by atoms with van der Waals surface area (Å²) in [5.74, 6) is 0.822. The molecule has 0 aromatic carbocycles. The van der Waals surface area contributed by atoms with Crippen molar-refractivity contribution in [3.63, 3.8) is 0 Å². The first kappa shape index (κ1) is 13.6. The lowest BCUT2D eigenvalue weighted by atomic mass is 9.82. The Morgan fingerprint density at radius 1 is 1.37 bits per heavy atom. The van der Waals surface area contributed by atoms with E-state index < -0.39 is 0 Å². The Bertz CT molecular complexity index is 414. The van der Waals surface area contributed by atoms with Gasteiger partial charge in [-0.25, -0.2) is 0 Å².